The first-order chi connectivity index (χ1) is 9.70. The molecule has 2 aliphatic rings. The van der Waals surface area contributed by atoms with Crippen molar-refractivity contribution in [1.29, 1.82) is 0 Å². The third-order valence-corrected chi connectivity index (χ3v) is 4.12. The van der Waals surface area contributed by atoms with Crippen LogP contribution in [0.5, 0.6) is 0 Å². The number of rotatable bonds is 1. The van der Waals surface area contributed by atoms with Gasteiger partial charge in [-0.3, -0.25) is 4.79 Å². The number of benzene rings is 1. The average Bonchev–Trinajstić information content (AvgIpc) is 2.82. The molecule has 3 rings (SSSR count). The zero-order chi connectivity index (χ0) is 14.1. The molecule has 0 atom stereocenters. The number of hydrogen-bond acceptors (Lipinski definition) is 3. The summed E-state index contributed by atoms with van der Waals surface area (Å²) >= 11 is 0. The number of ether oxygens (including phenoxy) is 1. The van der Waals surface area contributed by atoms with Crippen LogP contribution in [0.15, 0.2) is 24.3 Å². The van der Waals surface area contributed by atoms with Gasteiger partial charge in [0, 0.05) is 24.8 Å². The molecule has 0 spiro atoms. The fourth-order valence-electron chi connectivity index (χ4n) is 3.11. The summed E-state index contributed by atoms with van der Waals surface area (Å²) in [6, 6.07) is 8.14. The maximum absolute atomic E-state index is 12.2. The van der Waals surface area contributed by atoms with Crippen molar-refractivity contribution in [2.75, 3.05) is 25.1 Å². The van der Waals surface area contributed by atoms with Crippen molar-refractivity contribution in [3.8, 4) is 0 Å². The van der Waals surface area contributed by atoms with Gasteiger partial charge in [0.15, 0.2) is 0 Å². The van der Waals surface area contributed by atoms with Gasteiger partial charge in [-0.15, -0.1) is 0 Å². The van der Waals surface area contributed by atoms with Crippen LogP contribution < -0.4 is 4.90 Å². The quantitative estimate of drug-likeness (QED) is 0.784. The Kier molecular flexibility index (Phi) is 3.34. The molecule has 1 fully saturated rings. The number of piperidine rings is 1. The SMILES string of the molecule is COC(=O)N1CCC(N2C(=O)Cc3ccccc32)CC1. The van der Waals surface area contributed by atoms with Crippen LogP contribution in [0.2, 0.25) is 0 Å². The lowest BCUT2D eigenvalue weighted by Gasteiger charge is -2.36. The number of anilines is 1. The topological polar surface area (TPSA) is 49.9 Å². The lowest BCUT2D eigenvalue weighted by molar-refractivity contribution is -0.118. The van der Waals surface area contributed by atoms with Crippen LogP contribution >= 0.6 is 0 Å². The Morgan fingerprint density at radius 2 is 1.95 bits per heavy atom. The molecular formula is C15H18N2O3. The summed E-state index contributed by atoms with van der Waals surface area (Å²) in [6.45, 7) is 1.28. The molecule has 0 aromatic heterocycles. The summed E-state index contributed by atoms with van der Waals surface area (Å²) in [5, 5.41) is 0. The summed E-state index contributed by atoms with van der Waals surface area (Å²) in [7, 11) is 1.40. The maximum Gasteiger partial charge on any atom is 0.409 e. The van der Waals surface area contributed by atoms with Crippen molar-refractivity contribution < 1.29 is 14.3 Å². The van der Waals surface area contributed by atoms with E-state index in [-0.39, 0.29) is 18.0 Å². The minimum Gasteiger partial charge on any atom is -0.453 e. The molecule has 5 heteroatoms. The Bertz CT molecular complexity index is 536. The lowest BCUT2D eigenvalue weighted by Crippen LogP contribution is -2.47. The molecule has 106 valence electrons. The number of hydrogen-bond donors (Lipinski definition) is 0. The van der Waals surface area contributed by atoms with Gasteiger partial charge in [-0.25, -0.2) is 4.79 Å². The summed E-state index contributed by atoms with van der Waals surface area (Å²) in [5.74, 6) is 0.169. The molecule has 5 nitrogen and oxygen atoms in total. The summed E-state index contributed by atoms with van der Waals surface area (Å²) in [6.07, 6.45) is 1.81. The maximum atomic E-state index is 12.2. The molecule has 0 bridgehead atoms. The molecule has 1 aromatic carbocycles. The van der Waals surface area contributed by atoms with E-state index in [1.54, 1.807) is 4.90 Å². The smallest absolute Gasteiger partial charge is 0.409 e. The number of para-hydroxylation sites is 1. The molecule has 2 amide bonds. The Balaban J connectivity index is 1.73. The van der Waals surface area contributed by atoms with Gasteiger partial charge in [-0.1, -0.05) is 18.2 Å². The highest BCUT2D eigenvalue weighted by atomic mass is 16.5. The van der Waals surface area contributed by atoms with Gasteiger partial charge in [-0.2, -0.15) is 0 Å². The van der Waals surface area contributed by atoms with E-state index in [0.717, 1.165) is 24.1 Å². The third kappa shape index (κ3) is 2.13. The van der Waals surface area contributed by atoms with E-state index in [4.69, 9.17) is 4.74 Å². The van der Waals surface area contributed by atoms with Gasteiger partial charge in [0.2, 0.25) is 5.91 Å². The third-order valence-electron chi connectivity index (χ3n) is 4.12. The van der Waals surface area contributed by atoms with E-state index in [1.165, 1.54) is 7.11 Å². The number of likely N-dealkylation sites (tertiary alicyclic amines) is 1. The Hall–Kier alpha value is -2.04. The largest absolute Gasteiger partial charge is 0.453 e. The number of fused-ring (bicyclic) bond motifs is 1. The molecule has 20 heavy (non-hydrogen) atoms. The molecule has 0 aliphatic carbocycles. The van der Waals surface area contributed by atoms with Crippen LogP contribution in [0.25, 0.3) is 0 Å². The molecule has 0 N–H and O–H groups in total. The standard InChI is InChI=1S/C15H18N2O3/c1-20-15(19)16-8-6-12(7-9-16)17-13-5-3-2-4-11(13)10-14(17)18/h2-5,12H,6-10H2,1H3. The fraction of sp³-hybridized carbons (Fsp3) is 0.467. The van der Waals surface area contributed by atoms with Crippen LogP contribution in [0.1, 0.15) is 18.4 Å². The predicted octanol–water partition coefficient (Wildman–Crippen LogP) is 1.81. The van der Waals surface area contributed by atoms with Crippen LogP contribution in [0, 0.1) is 0 Å². The molecule has 1 saturated heterocycles. The Morgan fingerprint density at radius 3 is 2.65 bits per heavy atom. The van der Waals surface area contributed by atoms with Crippen LogP contribution in [-0.2, 0) is 16.0 Å². The minimum atomic E-state index is -0.281. The zero-order valence-corrected chi connectivity index (χ0v) is 11.5. The molecular weight excluding hydrogens is 256 g/mol. The molecule has 0 unspecified atom stereocenters. The highest BCUT2D eigenvalue weighted by molar-refractivity contribution is 6.01. The van der Waals surface area contributed by atoms with Crippen molar-refractivity contribution in [3.63, 3.8) is 0 Å². The number of nitrogens with zero attached hydrogens (tertiary/aromatic N) is 2. The second-order valence-corrected chi connectivity index (χ2v) is 5.26. The highest BCUT2D eigenvalue weighted by Gasteiger charge is 2.35. The lowest BCUT2D eigenvalue weighted by atomic mass is 10.0. The van der Waals surface area contributed by atoms with Crippen molar-refractivity contribution in [2.24, 2.45) is 0 Å². The summed E-state index contributed by atoms with van der Waals surface area (Å²) in [5.41, 5.74) is 2.14. The highest BCUT2D eigenvalue weighted by Crippen LogP contribution is 2.33. The monoisotopic (exact) mass is 274 g/mol. The summed E-state index contributed by atoms with van der Waals surface area (Å²) in [4.78, 5) is 27.3. The molecule has 0 saturated carbocycles. The van der Waals surface area contributed by atoms with Gasteiger partial charge in [-0.05, 0) is 24.5 Å². The second-order valence-electron chi connectivity index (χ2n) is 5.26. The Labute approximate surface area is 118 Å². The minimum absolute atomic E-state index is 0.169. The Morgan fingerprint density at radius 1 is 1.25 bits per heavy atom. The number of amides is 2. The van der Waals surface area contributed by atoms with E-state index in [1.807, 2.05) is 29.2 Å². The van der Waals surface area contributed by atoms with Crippen molar-refractivity contribution in [3.05, 3.63) is 29.8 Å². The normalized spacial score (nSPS) is 19.1. The number of carbonyl (C=O) groups excluding carboxylic acids is 2. The van der Waals surface area contributed by atoms with Gasteiger partial charge in [0.25, 0.3) is 0 Å². The van der Waals surface area contributed by atoms with Crippen molar-refractivity contribution in [2.45, 2.75) is 25.3 Å². The van der Waals surface area contributed by atoms with Crippen molar-refractivity contribution >= 4 is 17.7 Å². The van der Waals surface area contributed by atoms with Gasteiger partial charge < -0.3 is 14.5 Å². The van der Waals surface area contributed by atoms with E-state index in [2.05, 4.69) is 0 Å². The fourth-order valence-corrected chi connectivity index (χ4v) is 3.11. The zero-order valence-electron chi connectivity index (χ0n) is 11.5. The summed E-state index contributed by atoms with van der Waals surface area (Å²) < 4.78 is 4.73. The molecule has 1 aromatic rings. The second kappa shape index (κ2) is 5.15. The van der Waals surface area contributed by atoms with E-state index < -0.39 is 0 Å². The van der Waals surface area contributed by atoms with Crippen LogP contribution in [0.4, 0.5) is 10.5 Å². The first kappa shape index (κ1) is 13.0. The van der Waals surface area contributed by atoms with E-state index in [9.17, 15) is 9.59 Å². The first-order valence-electron chi connectivity index (χ1n) is 6.93. The van der Waals surface area contributed by atoms with Gasteiger partial charge >= 0.3 is 6.09 Å². The van der Waals surface area contributed by atoms with Crippen LogP contribution in [0.3, 0.4) is 0 Å². The van der Waals surface area contributed by atoms with Gasteiger partial charge in [0.1, 0.15) is 0 Å². The van der Waals surface area contributed by atoms with E-state index in [0.29, 0.717) is 19.5 Å². The number of methoxy groups -OCH3 is 1. The number of carbonyl (C=O) groups is 2. The van der Waals surface area contributed by atoms with Gasteiger partial charge in [0.05, 0.1) is 13.5 Å². The molecule has 0 radical (unpaired) electrons. The first-order valence-corrected chi connectivity index (χ1v) is 6.93. The molecule has 2 aliphatic heterocycles. The van der Waals surface area contributed by atoms with E-state index >= 15 is 0 Å². The average molecular weight is 274 g/mol. The molecule has 2 heterocycles. The van der Waals surface area contributed by atoms with Crippen molar-refractivity contribution in [1.82, 2.24) is 4.90 Å². The van der Waals surface area contributed by atoms with Crippen LogP contribution in [-0.4, -0.2) is 43.1 Å². The predicted molar refractivity (Wildman–Crippen MR) is 74.6 cm³/mol.